The summed E-state index contributed by atoms with van der Waals surface area (Å²) in [6.07, 6.45) is 0. The summed E-state index contributed by atoms with van der Waals surface area (Å²) in [7, 11) is 0. The van der Waals surface area contributed by atoms with Crippen LogP contribution in [-0.4, -0.2) is 11.9 Å². The van der Waals surface area contributed by atoms with Gasteiger partial charge in [0.05, 0.1) is 6.04 Å². The van der Waals surface area contributed by atoms with Crippen LogP contribution in [0.3, 0.4) is 0 Å². The number of nitrogens with two attached hydrogens (primary N) is 1. The van der Waals surface area contributed by atoms with Gasteiger partial charge in [-0.25, -0.2) is 0 Å². The smallest absolute Gasteiger partial charge is 0.241 e. The maximum absolute atomic E-state index is 11.6. The minimum Gasteiger partial charge on any atom is -0.325 e. The van der Waals surface area contributed by atoms with E-state index in [0.717, 1.165) is 11.3 Å². The summed E-state index contributed by atoms with van der Waals surface area (Å²) in [5.41, 5.74) is 7.65. The molecule has 15 heavy (non-hydrogen) atoms. The van der Waals surface area contributed by atoms with Crippen LogP contribution in [-0.2, 0) is 4.79 Å². The summed E-state index contributed by atoms with van der Waals surface area (Å²) in [4.78, 5) is 11.6. The van der Waals surface area contributed by atoms with Crippen LogP contribution < -0.4 is 11.1 Å². The Labute approximate surface area is 90.7 Å². The number of aryl methyl sites for hydroxylation is 1. The number of hydrogen-bond acceptors (Lipinski definition) is 2. The van der Waals surface area contributed by atoms with E-state index >= 15 is 0 Å². The summed E-state index contributed by atoms with van der Waals surface area (Å²) in [5, 5.41) is 2.80. The second kappa shape index (κ2) is 4.94. The molecule has 0 bridgehead atoms. The van der Waals surface area contributed by atoms with Gasteiger partial charge in [-0.05, 0) is 30.5 Å². The van der Waals surface area contributed by atoms with Gasteiger partial charge in [-0.3, -0.25) is 4.79 Å². The molecule has 82 valence electrons. The fourth-order valence-corrected chi connectivity index (χ4v) is 1.25. The number of anilines is 1. The maximum Gasteiger partial charge on any atom is 0.241 e. The van der Waals surface area contributed by atoms with Gasteiger partial charge in [0.15, 0.2) is 0 Å². The fraction of sp³-hybridized carbons (Fsp3) is 0.417. The van der Waals surface area contributed by atoms with Crippen LogP contribution in [0.2, 0.25) is 0 Å². The molecule has 0 aliphatic heterocycles. The SMILES string of the molecule is Cc1cccc(NC(=O)C(N)C(C)C)c1. The highest BCUT2D eigenvalue weighted by Gasteiger charge is 2.16. The van der Waals surface area contributed by atoms with E-state index in [1.54, 1.807) is 0 Å². The van der Waals surface area contributed by atoms with Crippen LogP contribution in [0.15, 0.2) is 24.3 Å². The third-order valence-corrected chi connectivity index (χ3v) is 2.31. The Bertz CT molecular complexity index is 347. The molecule has 0 spiro atoms. The van der Waals surface area contributed by atoms with Gasteiger partial charge in [0.2, 0.25) is 5.91 Å². The van der Waals surface area contributed by atoms with Crippen molar-refractivity contribution >= 4 is 11.6 Å². The topological polar surface area (TPSA) is 55.1 Å². The number of rotatable bonds is 3. The number of amides is 1. The average molecular weight is 206 g/mol. The molecule has 1 aromatic rings. The molecule has 0 fully saturated rings. The van der Waals surface area contributed by atoms with Gasteiger partial charge >= 0.3 is 0 Å². The molecule has 1 aromatic carbocycles. The Kier molecular flexibility index (Phi) is 3.86. The first-order valence-corrected chi connectivity index (χ1v) is 5.14. The maximum atomic E-state index is 11.6. The standard InChI is InChI=1S/C12H18N2O/c1-8(2)11(13)12(15)14-10-6-4-5-9(3)7-10/h4-8,11H,13H2,1-3H3,(H,14,15). The van der Waals surface area contributed by atoms with Gasteiger partial charge in [-0.2, -0.15) is 0 Å². The summed E-state index contributed by atoms with van der Waals surface area (Å²) in [5.74, 6) is 0.0189. The van der Waals surface area contributed by atoms with Gasteiger partial charge in [0, 0.05) is 5.69 Å². The predicted octanol–water partition coefficient (Wildman–Crippen LogP) is 1.92. The zero-order valence-corrected chi connectivity index (χ0v) is 9.45. The Morgan fingerprint density at radius 3 is 2.60 bits per heavy atom. The second-order valence-corrected chi connectivity index (χ2v) is 4.13. The molecular weight excluding hydrogens is 188 g/mol. The van der Waals surface area contributed by atoms with Gasteiger partial charge in [0.25, 0.3) is 0 Å². The lowest BCUT2D eigenvalue weighted by Crippen LogP contribution is -2.39. The van der Waals surface area contributed by atoms with Crippen LogP contribution >= 0.6 is 0 Å². The van der Waals surface area contributed by atoms with Gasteiger partial charge < -0.3 is 11.1 Å². The van der Waals surface area contributed by atoms with Crippen molar-refractivity contribution < 1.29 is 4.79 Å². The molecule has 0 aliphatic carbocycles. The van der Waals surface area contributed by atoms with E-state index in [1.165, 1.54) is 0 Å². The third kappa shape index (κ3) is 3.36. The molecule has 3 N–H and O–H groups in total. The van der Waals surface area contributed by atoms with E-state index < -0.39 is 6.04 Å². The Morgan fingerprint density at radius 2 is 2.07 bits per heavy atom. The monoisotopic (exact) mass is 206 g/mol. The average Bonchev–Trinajstić information content (AvgIpc) is 2.16. The summed E-state index contributed by atoms with van der Waals surface area (Å²) < 4.78 is 0. The lowest BCUT2D eigenvalue weighted by Gasteiger charge is -2.15. The van der Waals surface area contributed by atoms with Crippen LogP contribution in [0, 0.1) is 12.8 Å². The van der Waals surface area contributed by atoms with Crippen LogP contribution in [0.5, 0.6) is 0 Å². The normalized spacial score (nSPS) is 12.6. The minimum atomic E-state index is -0.453. The molecule has 1 amide bonds. The second-order valence-electron chi connectivity index (χ2n) is 4.13. The van der Waals surface area contributed by atoms with Gasteiger partial charge in [0.1, 0.15) is 0 Å². The molecule has 1 atom stereocenters. The van der Waals surface area contributed by atoms with E-state index in [1.807, 2.05) is 45.0 Å². The van der Waals surface area contributed by atoms with Crippen molar-refractivity contribution in [3.05, 3.63) is 29.8 Å². The van der Waals surface area contributed by atoms with E-state index in [4.69, 9.17) is 5.73 Å². The predicted molar refractivity (Wildman–Crippen MR) is 62.6 cm³/mol. The quantitative estimate of drug-likeness (QED) is 0.793. The van der Waals surface area contributed by atoms with Crippen molar-refractivity contribution in [3.8, 4) is 0 Å². The van der Waals surface area contributed by atoms with E-state index in [0.29, 0.717) is 0 Å². The number of carbonyl (C=O) groups excluding carboxylic acids is 1. The van der Waals surface area contributed by atoms with E-state index in [2.05, 4.69) is 5.32 Å². The molecule has 0 radical (unpaired) electrons. The van der Waals surface area contributed by atoms with Crippen molar-refractivity contribution in [1.82, 2.24) is 0 Å². The summed E-state index contributed by atoms with van der Waals surface area (Å²) >= 11 is 0. The van der Waals surface area contributed by atoms with E-state index in [9.17, 15) is 4.79 Å². The highest BCUT2D eigenvalue weighted by Crippen LogP contribution is 2.10. The van der Waals surface area contributed by atoms with Crippen molar-refractivity contribution in [3.63, 3.8) is 0 Å². The van der Waals surface area contributed by atoms with Crippen molar-refractivity contribution in [1.29, 1.82) is 0 Å². The number of benzene rings is 1. The highest BCUT2D eigenvalue weighted by atomic mass is 16.2. The molecule has 0 heterocycles. The Balaban J connectivity index is 2.66. The Hall–Kier alpha value is -1.35. The lowest BCUT2D eigenvalue weighted by molar-refractivity contribution is -0.118. The van der Waals surface area contributed by atoms with Crippen molar-refractivity contribution in [2.75, 3.05) is 5.32 Å². The summed E-state index contributed by atoms with van der Waals surface area (Å²) in [6.45, 7) is 5.85. The molecule has 0 aromatic heterocycles. The number of nitrogens with one attached hydrogen (secondary N) is 1. The van der Waals surface area contributed by atoms with Crippen LogP contribution in [0.25, 0.3) is 0 Å². The zero-order valence-electron chi connectivity index (χ0n) is 9.45. The lowest BCUT2D eigenvalue weighted by atomic mass is 10.0. The largest absolute Gasteiger partial charge is 0.325 e. The number of carbonyl (C=O) groups is 1. The van der Waals surface area contributed by atoms with Gasteiger partial charge in [-0.15, -0.1) is 0 Å². The molecule has 1 unspecified atom stereocenters. The minimum absolute atomic E-state index is 0.129. The molecule has 0 saturated carbocycles. The molecule has 3 heteroatoms. The molecule has 0 saturated heterocycles. The highest BCUT2D eigenvalue weighted by molar-refractivity contribution is 5.94. The van der Waals surface area contributed by atoms with E-state index in [-0.39, 0.29) is 11.8 Å². The molecule has 3 nitrogen and oxygen atoms in total. The van der Waals surface area contributed by atoms with Crippen LogP contribution in [0.4, 0.5) is 5.69 Å². The summed E-state index contributed by atoms with van der Waals surface area (Å²) in [6, 6.07) is 7.22. The Morgan fingerprint density at radius 1 is 1.40 bits per heavy atom. The first kappa shape index (κ1) is 11.7. The number of hydrogen-bond donors (Lipinski definition) is 2. The zero-order chi connectivity index (χ0) is 11.4. The van der Waals surface area contributed by atoms with Gasteiger partial charge in [-0.1, -0.05) is 26.0 Å². The molecule has 0 aliphatic rings. The van der Waals surface area contributed by atoms with Crippen molar-refractivity contribution in [2.24, 2.45) is 11.7 Å². The van der Waals surface area contributed by atoms with Crippen LogP contribution in [0.1, 0.15) is 19.4 Å². The molecular formula is C12H18N2O. The first-order chi connectivity index (χ1) is 7.00. The molecule has 1 rings (SSSR count). The third-order valence-electron chi connectivity index (χ3n) is 2.31. The first-order valence-electron chi connectivity index (χ1n) is 5.14. The van der Waals surface area contributed by atoms with Crippen molar-refractivity contribution in [2.45, 2.75) is 26.8 Å². The fourth-order valence-electron chi connectivity index (χ4n) is 1.25.